The van der Waals surface area contributed by atoms with Crippen molar-refractivity contribution in [2.45, 2.75) is 71.3 Å². The number of esters is 2. The van der Waals surface area contributed by atoms with Gasteiger partial charge in [-0.15, -0.1) is 0 Å². The molecule has 0 amide bonds. The molecule has 0 aromatic heterocycles. The lowest BCUT2D eigenvalue weighted by molar-refractivity contribution is -0.224. The van der Waals surface area contributed by atoms with E-state index in [2.05, 4.69) is 4.74 Å². The summed E-state index contributed by atoms with van der Waals surface area (Å²) in [6.45, 7) is 5.89. The average molecular weight is 388 g/mol. The fourth-order valence-electron chi connectivity index (χ4n) is 2.56. The van der Waals surface area contributed by atoms with Gasteiger partial charge >= 0.3 is 18.1 Å². The van der Waals surface area contributed by atoms with Gasteiger partial charge in [-0.1, -0.05) is 57.5 Å². The van der Waals surface area contributed by atoms with Gasteiger partial charge in [-0.05, 0) is 18.8 Å². The molecule has 27 heavy (non-hydrogen) atoms. The summed E-state index contributed by atoms with van der Waals surface area (Å²) in [6.07, 6.45) is -5.83. The van der Waals surface area contributed by atoms with Crippen LogP contribution in [0.2, 0.25) is 0 Å². The third-order valence-electron chi connectivity index (χ3n) is 4.01. The zero-order valence-electron chi connectivity index (χ0n) is 15.9. The molecule has 1 aromatic rings. The van der Waals surface area contributed by atoms with E-state index >= 15 is 0 Å². The molecule has 7 heteroatoms. The monoisotopic (exact) mass is 388 g/mol. The first kappa shape index (κ1) is 23.0. The number of hydrogen-bond donors (Lipinski definition) is 0. The highest BCUT2D eigenvalue weighted by Gasteiger charge is 2.43. The van der Waals surface area contributed by atoms with Gasteiger partial charge in [0.05, 0.1) is 0 Å². The van der Waals surface area contributed by atoms with Gasteiger partial charge < -0.3 is 9.47 Å². The standard InChI is InChI=1S/C20H27F3O4/c1-4-9-16(14(2)3)26-17(24)12-8-13-18(25)27-19(20(21,22)23)15-10-6-5-7-11-15/h5-7,10-11,14,16,19H,4,8-9,12-13H2,1-3H3. The van der Waals surface area contributed by atoms with E-state index in [1.807, 2.05) is 20.8 Å². The molecule has 0 radical (unpaired) electrons. The van der Waals surface area contributed by atoms with Crippen LogP contribution in [0.25, 0.3) is 0 Å². The molecule has 4 nitrogen and oxygen atoms in total. The molecule has 0 aliphatic rings. The highest BCUT2D eigenvalue weighted by molar-refractivity contribution is 5.72. The van der Waals surface area contributed by atoms with Crippen LogP contribution in [-0.2, 0) is 19.1 Å². The van der Waals surface area contributed by atoms with Gasteiger partial charge in [0, 0.05) is 18.4 Å². The Morgan fingerprint density at radius 1 is 1.00 bits per heavy atom. The minimum atomic E-state index is -4.71. The molecule has 0 aliphatic carbocycles. The van der Waals surface area contributed by atoms with Crippen LogP contribution in [0.4, 0.5) is 13.2 Å². The van der Waals surface area contributed by atoms with Crippen LogP contribution >= 0.6 is 0 Å². The number of halogens is 3. The van der Waals surface area contributed by atoms with Crippen molar-refractivity contribution in [3.05, 3.63) is 35.9 Å². The first-order valence-electron chi connectivity index (χ1n) is 9.15. The molecule has 0 aliphatic heterocycles. The number of rotatable bonds is 10. The normalized spacial score (nSPS) is 13.9. The largest absolute Gasteiger partial charge is 0.462 e. The second-order valence-corrected chi connectivity index (χ2v) is 6.74. The number of carbonyl (C=O) groups excluding carboxylic acids is 2. The number of benzene rings is 1. The fraction of sp³-hybridized carbons (Fsp3) is 0.600. The minimum absolute atomic E-state index is 0.0376. The topological polar surface area (TPSA) is 52.6 Å². The van der Waals surface area contributed by atoms with Gasteiger partial charge in [-0.3, -0.25) is 9.59 Å². The molecule has 1 aromatic carbocycles. The van der Waals surface area contributed by atoms with Crippen LogP contribution in [-0.4, -0.2) is 24.2 Å². The van der Waals surface area contributed by atoms with Crippen molar-refractivity contribution < 1.29 is 32.2 Å². The predicted octanol–water partition coefficient (Wildman–Crippen LogP) is 5.37. The molecular formula is C20H27F3O4. The lowest BCUT2D eigenvalue weighted by Crippen LogP contribution is -2.26. The third kappa shape index (κ3) is 8.45. The van der Waals surface area contributed by atoms with Gasteiger partial charge in [0.15, 0.2) is 0 Å². The maximum absolute atomic E-state index is 13.2. The Morgan fingerprint density at radius 3 is 2.04 bits per heavy atom. The maximum atomic E-state index is 13.2. The van der Waals surface area contributed by atoms with E-state index in [4.69, 9.17) is 4.74 Å². The molecular weight excluding hydrogens is 361 g/mol. The second-order valence-electron chi connectivity index (χ2n) is 6.74. The molecule has 0 saturated heterocycles. The number of alkyl halides is 3. The van der Waals surface area contributed by atoms with E-state index in [1.54, 1.807) is 6.07 Å². The van der Waals surface area contributed by atoms with Crippen LogP contribution in [0, 0.1) is 5.92 Å². The summed E-state index contributed by atoms with van der Waals surface area (Å²) in [4.78, 5) is 23.7. The van der Waals surface area contributed by atoms with Crippen molar-refractivity contribution in [1.82, 2.24) is 0 Å². The summed E-state index contributed by atoms with van der Waals surface area (Å²) in [5.41, 5.74) is -0.142. The highest BCUT2D eigenvalue weighted by Crippen LogP contribution is 2.36. The second kappa shape index (κ2) is 10.9. The van der Waals surface area contributed by atoms with E-state index in [9.17, 15) is 22.8 Å². The zero-order valence-corrected chi connectivity index (χ0v) is 15.9. The molecule has 152 valence electrons. The Morgan fingerprint density at radius 2 is 1.56 bits per heavy atom. The van der Waals surface area contributed by atoms with Gasteiger partial charge in [0.25, 0.3) is 0 Å². The minimum Gasteiger partial charge on any atom is -0.462 e. The van der Waals surface area contributed by atoms with E-state index < -0.39 is 24.2 Å². The average Bonchev–Trinajstić information content (AvgIpc) is 2.59. The van der Waals surface area contributed by atoms with Crippen LogP contribution in [0.1, 0.15) is 64.5 Å². The van der Waals surface area contributed by atoms with Gasteiger partial charge in [-0.25, -0.2) is 0 Å². The van der Waals surface area contributed by atoms with E-state index in [0.717, 1.165) is 12.8 Å². The quantitative estimate of drug-likeness (QED) is 0.506. The summed E-state index contributed by atoms with van der Waals surface area (Å²) in [5, 5.41) is 0. The third-order valence-corrected chi connectivity index (χ3v) is 4.01. The van der Waals surface area contributed by atoms with Gasteiger partial charge in [0.1, 0.15) is 6.10 Å². The predicted molar refractivity (Wildman–Crippen MR) is 94.8 cm³/mol. The van der Waals surface area contributed by atoms with Crippen molar-refractivity contribution in [2.24, 2.45) is 5.92 Å². The van der Waals surface area contributed by atoms with Crippen LogP contribution < -0.4 is 0 Å². The summed E-state index contributed by atoms with van der Waals surface area (Å²) >= 11 is 0. The lowest BCUT2D eigenvalue weighted by atomic mass is 10.0. The van der Waals surface area contributed by atoms with Gasteiger partial charge in [0.2, 0.25) is 6.10 Å². The summed E-state index contributed by atoms with van der Waals surface area (Å²) < 4.78 is 49.5. The van der Waals surface area contributed by atoms with Gasteiger partial charge in [-0.2, -0.15) is 13.2 Å². The van der Waals surface area contributed by atoms with Crippen molar-refractivity contribution in [2.75, 3.05) is 0 Å². The Kier molecular flexibility index (Phi) is 9.32. The summed E-state index contributed by atoms with van der Waals surface area (Å²) in [6, 6.07) is 6.97. The fourth-order valence-corrected chi connectivity index (χ4v) is 2.56. The first-order chi connectivity index (χ1) is 12.6. The smallest absolute Gasteiger partial charge is 0.429 e. The molecule has 0 spiro atoms. The Hall–Kier alpha value is -2.05. The number of hydrogen-bond acceptors (Lipinski definition) is 4. The number of ether oxygens (including phenoxy) is 2. The Labute approximate surface area is 158 Å². The van der Waals surface area contributed by atoms with Crippen LogP contribution in [0.3, 0.4) is 0 Å². The molecule has 1 rings (SSSR count). The van der Waals surface area contributed by atoms with Crippen molar-refractivity contribution in [1.29, 1.82) is 0 Å². The Balaban J connectivity index is 2.50. The van der Waals surface area contributed by atoms with Crippen molar-refractivity contribution in [3.63, 3.8) is 0 Å². The van der Waals surface area contributed by atoms with Crippen molar-refractivity contribution >= 4 is 11.9 Å². The molecule has 0 saturated carbocycles. The first-order valence-corrected chi connectivity index (χ1v) is 9.15. The van der Waals surface area contributed by atoms with E-state index in [1.165, 1.54) is 24.3 Å². The molecule has 0 fully saturated rings. The van der Waals surface area contributed by atoms with Crippen LogP contribution in [0.15, 0.2) is 30.3 Å². The maximum Gasteiger partial charge on any atom is 0.429 e. The molecule has 0 bridgehead atoms. The van der Waals surface area contributed by atoms with E-state index in [0.29, 0.717) is 0 Å². The molecule has 0 N–H and O–H groups in total. The SMILES string of the molecule is CCCC(OC(=O)CCCC(=O)OC(c1ccccc1)C(F)(F)F)C(C)C. The molecule has 2 atom stereocenters. The Bertz CT molecular complexity index is 585. The van der Waals surface area contributed by atoms with Crippen molar-refractivity contribution in [3.8, 4) is 0 Å². The molecule has 2 unspecified atom stereocenters. The summed E-state index contributed by atoms with van der Waals surface area (Å²) in [7, 11) is 0. The molecule has 0 heterocycles. The van der Waals surface area contributed by atoms with Crippen LogP contribution in [0.5, 0.6) is 0 Å². The van der Waals surface area contributed by atoms with E-state index in [-0.39, 0.29) is 36.8 Å². The number of carbonyl (C=O) groups is 2. The highest BCUT2D eigenvalue weighted by atomic mass is 19.4. The lowest BCUT2D eigenvalue weighted by Gasteiger charge is -2.21. The summed E-state index contributed by atoms with van der Waals surface area (Å²) in [5.74, 6) is -1.27. The zero-order chi connectivity index (χ0) is 20.4.